The third-order valence-electron chi connectivity index (χ3n) is 7.18. The van der Waals surface area contributed by atoms with Gasteiger partial charge in [-0.05, 0) is 31.4 Å². The number of para-hydroxylation sites is 1. The van der Waals surface area contributed by atoms with Crippen molar-refractivity contribution in [3.05, 3.63) is 53.1 Å². The molecule has 180 valence electrons. The van der Waals surface area contributed by atoms with Gasteiger partial charge in [0.2, 0.25) is 5.91 Å². The van der Waals surface area contributed by atoms with Crippen LogP contribution in [0.5, 0.6) is 0 Å². The highest BCUT2D eigenvalue weighted by Crippen LogP contribution is 2.61. The molecule has 0 radical (unpaired) electrons. The van der Waals surface area contributed by atoms with Gasteiger partial charge in [0.05, 0.1) is 27.3 Å². The zero-order valence-electron chi connectivity index (χ0n) is 18.9. The average molecular weight is 503 g/mol. The average Bonchev–Trinajstić information content (AvgIpc) is 3.10. The van der Waals surface area contributed by atoms with E-state index in [0.29, 0.717) is 36.6 Å². The molecular formula is C25H27ClN2O5S. The van der Waals surface area contributed by atoms with Crippen molar-refractivity contribution in [3.8, 4) is 0 Å². The highest BCUT2D eigenvalue weighted by Gasteiger charge is 2.71. The van der Waals surface area contributed by atoms with Crippen molar-refractivity contribution < 1.29 is 24.2 Å². The summed E-state index contributed by atoms with van der Waals surface area (Å²) in [4.78, 5) is 44.4. The van der Waals surface area contributed by atoms with Crippen molar-refractivity contribution in [2.24, 2.45) is 11.8 Å². The Kier molecular flexibility index (Phi) is 6.25. The number of hydrogen-bond donors (Lipinski definition) is 1. The van der Waals surface area contributed by atoms with Crippen LogP contribution in [0.1, 0.15) is 18.4 Å². The summed E-state index contributed by atoms with van der Waals surface area (Å²) in [6.45, 7) is 2.77. The summed E-state index contributed by atoms with van der Waals surface area (Å²) in [6.07, 6.45) is 8.73. The molecule has 9 heteroatoms. The lowest BCUT2D eigenvalue weighted by molar-refractivity contribution is -0.151. The highest BCUT2D eigenvalue weighted by molar-refractivity contribution is 8.02. The molecule has 4 aliphatic rings. The van der Waals surface area contributed by atoms with E-state index in [1.807, 2.05) is 43.4 Å². The third kappa shape index (κ3) is 3.49. The van der Waals surface area contributed by atoms with Crippen LogP contribution in [0.2, 0.25) is 5.02 Å². The SMILES string of the molecule is Cc1cccc(Cl)c1N1CC=C[C@]23S[C@@H]4C=CCOC(=O)[C@@H]4[C@H]2C(=O)N(CCCCO)C3C1=O. The smallest absolute Gasteiger partial charge is 0.311 e. The number of cyclic esters (lactones) is 1. The van der Waals surface area contributed by atoms with Gasteiger partial charge in [-0.25, -0.2) is 0 Å². The number of hydrogen-bond acceptors (Lipinski definition) is 6. The summed E-state index contributed by atoms with van der Waals surface area (Å²) in [6, 6.07) is 4.72. The van der Waals surface area contributed by atoms with E-state index < -0.39 is 28.6 Å². The molecule has 5 atom stereocenters. The Balaban J connectivity index is 1.62. The van der Waals surface area contributed by atoms with Crippen molar-refractivity contribution >= 4 is 46.8 Å². The zero-order valence-corrected chi connectivity index (χ0v) is 20.4. The molecule has 2 amide bonds. The Morgan fingerprint density at radius 2 is 2.03 bits per heavy atom. The molecule has 2 saturated heterocycles. The molecular weight excluding hydrogens is 476 g/mol. The first-order valence-electron chi connectivity index (χ1n) is 11.6. The summed E-state index contributed by atoms with van der Waals surface area (Å²) in [7, 11) is 0. The minimum atomic E-state index is -0.882. The van der Waals surface area contributed by atoms with E-state index in [1.54, 1.807) is 15.9 Å². The lowest BCUT2D eigenvalue weighted by atomic mass is 9.78. The van der Waals surface area contributed by atoms with Gasteiger partial charge in [-0.1, -0.05) is 48.0 Å². The number of carbonyl (C=O) groups excluding carboxylic acids is 3. The summed E-state index contributed by atoms with van der Waals surface area (Å²) in [5.74, 6) is -2.14. The van der Waals surface area contributed by atoms with Crippen molar-refractivity contribution in [3.63, 3.8) is 0 Å². The first-order chi connectivity index (χ1) is 16.4. The van der Waals surface area contributed by atoms with Crippen molar-refractivity contribution in [1.29, 1.82) is 0 Å². The molecule has 4 heterocycles. The van der Waals surface area contributed by atoms with Crippen LogP contribution in [0.25, 0.3) is 0 Å². The van der Waals surface area contributed by atoms with Crippen LogP contribution >= 0.6 is 23.4 Å². The predicted octanol–water partition coefficient (Wildman–Crippen LogP) is 2.73. The van der Waals surface area contributed by atoms with Gasteiger partial charge in [0.1, 0.15) is 12.6 Å². The van der Waals surface area contributed by atoms with Crippen molar-refractivity contribution in [2.45, 2.75) is 35.8 Å². The maximum Gasteiger partial charge on any atom is 0.311 e. The molecule has 1 unspecified atom stereocenters. The second-order valence-corrected chi connectivity index (χ2v) is 11.0. The second kappa shape index (κ2) is 9.06. The fraction of sp³-hybridized carbons (Fsp3) is 0.480. The van der Waals surface area contributed by atoms with Crippen LogP contribution in [0.4, 0.5) is 5.69 Å². The number of likely N-dealkylation sites (tertiary alicyclic amines) is 1. The zero-order chi connectivity index (χ0) is 24.0. The maximum atomic E-state index is 14.2. The van der Waals surface area contributed by atoms with E-state index in [-0.39, 0.29) is 30.3 Å². The topological polar surface area (TPSA) is 87.2 Å². The molecule has 0 aromatic heterocycles. The number of aryl methyl sites for hydroxylation is 1. The van der Waals surface area contributed by atoms with Gasteiger partial charge in [-0.15, -0.1) is 11.8 Å². The van der Waals surface area contributed by atoms with Gasteiger partial charge in [-0.3, -0.25) is 14.4 Å². The number of unbranched alkanes of at least 4 members (excludes halogenated alkanes) is 1. The summed E-state index contributed by atoms with van der Waals surface area (Å²) >= 11 is 8.05. The van der Waals surface area contributed by atoms with E-state index in [0.717, 1.165) is 5.56 Å². The molecule has 1 N–H and O–H groups in total. The number of nitrogens with zero attached hydrogens (tertiary/aromatic N) is 2. The number of aliphatic hydroxyl groups excluding tert-OH is 1. The molecule has 7 nitrogen and oxygen atoms in total. The Labute approximate surface area is 207 Å². The second-order valence-electron chi connectivity index (χ2n) is 9.12. The van der Waals surface area contributed by atoms with Crippen LogP contribution in [0.15, 0.2) is 42.5 Å². The van der Waals surface area contributed by atoms with Crippen molar-refractivity contribution in [2.75, 3.05) is 31.2 Å². The lowest BCUT2D eigenvalue weighted by Gasteiger charge is -2.35. The van der Waals surface area contributed by atoms with Crippen LogP contribution in [0.3, 0.4) is 0 Å². The van der Waals surface area contributed by atoms with Gasteiger partial charge in [0.15, 0.2) is 0 Å². The number of halogens is 1. The van der Waals surface area contributed by atoms with Gasteiger partial charge in [0, 0.05) is 24.9 Å². The van der Waals surface area contributed by atoms with Crippen LogP contribution in [0, 0.1) is 18.8 Å². The molecule has 34 heavy (non-hydrogen) atoms. The summed E-state index contributed by atoms with van der Waals surface area (Å²) in [5, 5.41) is 9.52. The van der Waals surface area contributed by atoms with E-state index >= 15 is 0 Å². The largest absolute Gasteiger partial charge is 0.461 e. The number of thioether (sulfide) groups is 1. The first-order valence-corrected chi connectivity index (χ1v) is 12.8. The number of ether oxygens (including phenoxy) is 1. The molecule has 1 aromatic rings. The van der Waals surface area contributed by atoms with Gasteiger partial charge in [-0.2, -0.15) is 0 Å². The first kappa shape index (κ1) is 23.5. The van der Waals surface area contributed by atoms with Crippen LogP contribution in [-0.4, -0.2) is 70.1 Å². The number of esters is 1. The molecule has 5 rings (SSSR count). The summed E-state index contributed by atoms with van der Waals surface area (Å²) < 4.78 is 4.50. The monoisotopic (exact) mass is 502 g/mol. The van der Waals surface area contributed by atoms with E-state index in [2.05, 4.69) is 0 Å². The fourth-order valence-corrected chi connectivity index (χ4v) is 8.09. The molecule has 2 fully saturated rings. The van der Waals surface area contributed by atoms with Crippen LogP contribution < -0.4 is 4.90 Å². The minimum Gasteiger partial charge on any atom is -0.461 e. The highest BCUT2D eigenvalue weighted by atomic mass is 35.5. The van der Waals surface area contributed by atoms with E-state index in [4.69, 9.17) is 16.3 Å². The number of rotatable bonds is 5. The number of benzene rings is 1. The number of carbonyl (C=O) groups is 3. The Morgan fingerprint density at radius 1 is 1.21 bits per heavy atom. The predicted molar refractivity (Wildman–Crippen MR) is 131 cm³/mol. The number of aliphatic hydroxyl groups is 1. The van der Waals surface area contributed by atoms with E-state index in [1.165, 1.54) is 11.8 Å². The van der Waals surface area contributed by atoms with Gasteiger partial charge >= 0.3 is 5.97 Å². The molecule has 0 bridgehead atoms. The molecule has 4 aliphatic heterocycles. The number of amides is 2. The Morgan fingerprint density at radius 3 is 2.79 bits per heavy atom. The molecule has 1 aromatic carbocycles. The molecule has 1 spiro atoms. The quantitative estimate of drug-likeness (QED) is 0.378. The normalized spacial score (nSPS) is 32.3. The van der Waals surface area contributed by atoms with Gasteiger partial charge < -0.3 is 19.6 Å². The summed E-state index contributed by atoms with van der Waals surface area (Å²) in [5.41, 5.74) is 1.51. The maximum absolute atomic E-state index is 14.2. The minimum absolute atomic E-state index is 0.0105. The fourth-order valence-electron chi connectivity index (χ4n) is 5.77. The molecule has 0 saturated carbocycles. The van der Waals surface area contributed by atoms with Crippen molar-refractivity contribution in [1.82, 2.24) is 4.90 Å². The third-order valence-corrected chi connectivity index (χ3v) is 9.23. The Bertz CT molecular complexity index is 1070. The van der Waals surface area contributed by atoms with E-state index in [9.17, 15) is 19.5 Å². The standard InChI is InChI=1S/C25H27ClN2O5S/c1-15-7-4-8-16(26)20(15)27-12-6-10-25-19(18-17(34-25)9-5-14-33-24(18)32)22(30)28(11-2-3-13-29)21(25)23(27)31/h4-10,17-19,21,29H,2-3,11-14H2,1H3/t17-,18+,19+,21?,25+/m1/s1. The number of anilines is 1. The lowest BCUT2D eigenvalue weighted by Crippen LogP contribution is -2.53. The van der Waals surface area contributed by atoms with Gasteiger partial charge in [0.25, 0.3) is 5.91 Å². The molecule has 0 aliphatic carbocycles. The number of fused-ring (bicyclic) bond motifs is 2. The Hall–Kier alpha value is -2.29. The van der Waals surface area contributed by atoms with Crippen LogP contribution in [-0.2, 0) is 19.1 Å².